The van der Waals surface area contributed by atoms with Crippen molar-refractivity contribution in [3.05, 3.63) is 40.2 Å². The van der Waals surface area contributed by atoms with Crippen LogP contribution in [0.25, 0.3) is 0 Å². The highest BCUT2D eigenvalue weighted by Gasteiger charge is 2.31. The van der Waals surface area contributed by atoms with Crippen LogP contribution in [0.3, 0.4) is 0 Å². The molecule has 0 atom stereocenters. The van der Waals surface area contributed by atoms with Gasteiger partial charge in [0.15, 0.2) is 11.5 Å². The van der Waals surface area contributed by atoms with Crippen LogP contribution in [0, 0.1) is 0 Å². The number of carbonyl (C=O) groups is 1. The number of nitrogens with one attached hydrogen (secondary N) is 1. The number of amides is 2. The lowest BCUT2D eigenvalue weighted by atomic mass is 10.2. The van der Waals surface area contributed by atoms with Crippen LogP contribution in [-0.2, 0) is 16.6 Å². The number of hydrogen-bond acceptors (Lipinski definition) is 6. The summed E-state index contributed by atoms with van der Waals surface area (Å²) in [5, 5.41) is 2.73. The molecule has 3 rings (SSSR count). The first-order valence-electron chi connectivity index (χ1n) is 9.10. The Morgan fingerprint density at radius 2 is 1.90 bits per heavy atom. The Labute approximate surface area is 187 Å². The summed E-state index contributed by atoms with van der Waals surface area (Å²) in [7, 11) is -2.31. The third kappa shape index (κ3) is 5.76. The maximum Gasteiger partial charge on any atom is 0.387 e. The summed E-state index contributed by atoms with van der Waals surface area (Å²) >= 11 is 6.82. The third-order valence-electron chi connectivity index (χ3n) is 4.56. The average molecular weight is 496 g/mol. The number of methoxy groups -OCH3 is 1. The lowest BCUT2D eigenvalue weighted by molar-refractivity contribution is -0.0512. The number of carbonyl (C=O) groups excluding carboxylic acids is 1. The van der Waals surface area contributed by atoms with E-state index in [0.717, 1.165) is 11.3 Å². The van der Waals surface area contributed by atoms with E-state index in [1.807, 2.05) is 0 Å². The summed E-state index contributed by atoms with van der Waals surface area (Å²) < 4.78 is 61.4. The molecule has 2 aromatic rings. The average Bonchev–Trinajstić information content (AvgIpc) is 3.19. The molecule has 2 heterocycles. The Morgan fingerprint density at radius 1 is 1.19 bits per heavy atom. The van der Waals surface area contributed by atoms with E-state index in [0.29, 0.717) is 9.90 Å². The summed E-state index contributed by atoms with van der Waals surface area (Å²) in [6.45, 7) is -2.05. The number of sulfonamides is 1. The number of ether oxygens (including phenoxy) is 2. The molecule has 2 amide bonds. The molecule has 0 aliphatic carbocycles. The lowest BCUT2D eigenvalue weighted by Gasteiger charge is -2.33. The van der Waals surface area contributed by atoms with Gasteiger partial charge in [0.1, 0.15) is 4.21 Å². The molecular formula is C18H20ClF2N3O5S2. The number of piperazine rings is 1. The van der Waals surface area contributed by atoms with Gasteiger partial charge in [0.2, 0.25) is 0 Å². The number of hydrogen-bond donors (Lipinski definition) is 1. The van der Waals surface area contributed by atoms with Crippen molar-refractivity contribution in [1.82, 2.24) is 14.5 Å². The summed E-state index contributed by atoms with van der Waals surface area (Å²) in [6, 6.07) is 7.01. The van der Waals surface area contributed by atoms with Crippen LogP contribution in [-0.4, -0.2) is 63.6 Å². The van der Waals surface area contributed by atoms with E-state index >= 15 is 0 Å². The van der Waals surface area contributed by atoms with Gasteiger partial charge in [0, 0.05) is 32.7 Å². The largest absolute Gasteiger partial charge is 0.493 e. The van der Waals surface area contributed by atoms with Gasteiger partial charge in [0.25, 0.3) is 10.0 Å². The summed E-state index contributed by atoms with van der Waals surface area (Å²) in [6.07, 6.45) is 0. The van der Waals surface area contributed by atoms with Crippen molar-refractivity contribution in [3.63, 3.8) is 0 Å². The Morgan fingerprint density at radius 3 is 2.48 bits per heavy atom. The minimum absolute atomic E-state index is 0.100. The monoisotopic (exact) mass is 495 g/mol. The second-order valence-electron chi connectivity index (χ2n) is 6.47. The van der Waals surface area contributed by atoms with Crippen molar-refractivity contribution in [3.8, 4) is 11.5 Å². The molecule has 0 radical (unpaired) electrons. The van der Waals surface area contributed by atoms with Crippen LogP contribution in [0.1, 0.15) is 5.56 Å². The second-order valence-corrected chi connectivity index (χ2v) is 10.4. The number of thiophene rings is 1. The smallest absolute Gasteiger partial charge is 0.387 e. The quantitative estimate of drug-likeness (QED) is 0.637. The van der Waals surface area contributed by atoms with Gasteiger partial charge in [-0.3, -0.25) is 0 Å². The molecule has 0 bridgehead atoms. The van der Waals surface area contributed by atoms with Gasteiger partial charge in [-0.05, 0) is 29.8 Å². The highest BCUT2D eigenvalue weighted by atomic mass is 35.5. The molecule has 0 spiro atoms. The van der Waals surface area contributed by atoms with Crippen LogP contribution in [0.5, 0.6) is 11.5 Å². The summed E-state index contributed by atoms with van der Waals surface area (Å²) in [5.74, 6) is 0.0245. The van der Waals surface area contributed by atoms with Gasteiger partial charge in [-0.25, -0.2) is 13.2 Å². The molecule has 8 nitrogen and oxygen atoms in total. The molecule has 1 saturated heterocycles. The van der Waals surface area contributed by atoms with Gasteiger partial charge in [-0.15, -0.1) is 11.3 Å². The topological polar surface area (TPSA) is 88.2 Å². The third-order valence-corrected chi connectivity index (χ3v) is 8.15. The van der Waals surface area contributed by atoms with Crippen LogP contribution in [0.15, 0.2) is 34.5 Å². The standard InChI is InChI=1S/C18H20ClF2N3O5S2/c1-28-14-10-12(2-3-13(14)29-17(20)21)11-22-18(25)23-6-8-24(9-7-23)31(26,27)16-5-4-15(19)30-16/h2-5,10,17H,6-9,11H2,1H3,(H,22,25). The van der Waals surface area contributed by atoms with E-state index in [2.05, 4.69) is 10.1 Å². The van der Waals surface area contributed by atoms with Crippen LogP contribution in [0.4, 0.5) is 13.6 Å². The van der Waals surface area contributed by atoms with Gasteiger partial charge in [-0.2, -0.15) is 13.1 Å². The minimum Gasteiger partial charge on any atom is -0.493 e. The van der Waals surface area contributed by atoms with Gasteiger partial charge in [-0.1, -0.05) is 17.7 Å². The van der Waals surface area contributed by atoms with Crippen molar-refractivity contribution in [2.24, 2.45) is 0 Å². The van der Waals surface area contributed by atoms with Crippen molar-refractivity contribution >= 4 is 39.0 Å². The number of alkyl halides is 2. The maximum absolute atomic E-state index is 12.6. The number of rotatable bonds is 7. The molecule has 1 N–H and O–H groups in total. The fourth-order valence-electron chi connectivity index (χ4n) is 3.00. The van der Waals surface area contributed by atoms with Gasteiger partial charge < -0.3 is 19.7 Å². The van der Waals surface area contributed by atoms with E-state index in [1.54, 1.807) is 0 Å². The van der Waals surface area contributed by atoms with Crippen LogP contribution in [0.2, 0.25) is 4.34 Å². The fraction of sp³-hybridized carbons (Fsp3) is 0.389. The molecule has 1 aromatic carbocycles. The molecule has 1 aromatic heterocycles. The fourth-order valence-corrected chi connectivity index (χ4v) is 6.06. The van der Waals surface area contributed by atoms with E-state index in [1.165, 1.54) is 46.6 Å². The second kappa shape index (κ2) is 9.98. The lowest BCUT2D eigenvalue weighted by Crippen LogP contribution is -2.52. The Bertz CT molecular complexity index is 1030. The number of benzene rings is 1. The Kier molecular flexibility index (Phi) is 7.57. The normalized spacial score (nSPS) is 15.2. The zero-order valence-corrected chi connectivity index (χ0v) is 18.8. The van der Waals surface area contributed by atoms with E-state index in [9.17, 15) is 22.0 Å². The van der Waals surface area contributed by atoms with Crippen molar-refractivity contribution < 1.29 is 31.5 Å². The SMILES string of the molecule is COc1cc(CNC(=O)N2CCN(S(=O)(=O)c3ccc(Cl)s3)CC2)ccc1OC(F)F. The molecule has 1 aliphatic rings. The Balaban J connectivity index is 1.53. The van der Waals surface area contributed by atoms with Gasteiger partial charge >= 0.3 is 12.6 Å². The first-order valence-corrected chi connectivity index (χ1v) is 11.7. The summed E-state index contributed by atoms with van der Waals surface area (Å²) in [4.78, 5) is 14.0. The highest BCUT2D eigenvalue weighted by Crippen LogP contribution is 2.30. The number of halogens is 3. The summed E-state index contributed by atoms with van der Waals surface area (Å²) in [5.41, 5.74) is 0.627. The molecule has 170 valence electrons. The molecule has 0 unspecified atom stereocenters. The maximum atomic E-state index is 12.6. The molecular weight excluding hydrogens is 476 g/mol. The predicted molar refractivity (Wildman–Crippen MR) is 112 cm³/mol. The zero-order valence-electron chi connectivity index (χ0n) is 16.4. The molecule has 0 saturated carbocycles. The van der Waals surface area contributed by atoms with Crippen molar-refractivity contribution in [1.29, 1.82) is 0 Å². The van der Waals surface area contributed by atoms with Gasteiger partial charge in [0.05, 0.1) is 11.4 Å². The molecule has 31 heavy (non-hydrogen) atoms. The van der Waals surface area contributed by atoms with Crippen molar-refractivity contribution in [2.75, 3.05) is 33.3 Å². The van der Waals surface area contributed by atoms with E-state index in [-0.39, 0.29) is 54.5 Å². The van der Waals surface area contributed by atoms with E-state index in [4.69, 9.17) is 16.3 Å². The zero-order chi connectivity index (χ0) is 22.6. The highest BCUT2D eigenvalue weighted by molar-refractivity contribution is 7.91. The molecule has 1 aliphatic heterocycles. The predicted octanol–water partition coefficient (Wildman–Crippen LogP) is 3.23. The molecule has 1 fully saturated rings. The first kappa shape index (κ1) is 23.5. The number of urea groups is 1. The van der Waals surface area contributed by atoms with E-state index < -0.39 is 16.6 Å². The minimum atomic E-state index is -3.64. The number of nitrogens with zero attached hydrogens (tertiary/aromatic N) is 2. The molecule has 13 heteroatoms. The first-order chi connectivity index (χ1) is 14.7. The van der Waals surface area contributed by atoms with Crippen molar-refractivity contribution in [2.45, 2.75) is 17.4 Å². The van der Waals surface area contributed by atoms with Crippen LogP contribution < -0.4 is 14.8 Å². The van der Waals surface area contributed by atoms with Crippen LogP contribution >= 0.6 is 22.9 Å². The Hall–Kier alpha value is -2.15.